The minimum atomic E-state index is -4.61. The van der Waals surface area contributed by atoms with E-state index in [2.05, 4.69) is 0 Å². The molecule has 23 heavy (non-hydrogen) atoms. The molecule has 132 valence electrons. The molecule has 0 rings (SSSR count). The summed E-state index contributed by atoms with van der Waals surface area (Å²) in [6.07, 6.45) is -2.36. The van der Waals surface area contributed by atoms with Crippen LogP contribution >= 0.6 is 0 Å². The smallest absolute Gasteiger partial charge is 0.321 e. The third kappa shape index (κ3) is 9.38. The van der Waals surface area contributed by atoms with Crippen LogP contribution in [0.1, 0.15) is 25.7 Å². The number of hydrogen-bond donors (Lipinski definition) is 6. The lowest BCUT2D eigenvalue weighted by atomic mass is 10.2. The van der Waals surface area contributed by atoms with Gasteiger partial charge in [-0.25, -0.2) is 0 Å². The summed E-state index contributed by atoms with van der Waals surface area (Å²) in [4.78, 5) is 42.5. The maximum atomic E-state index is 11.7. The molecule has 2 atom stereocenters. The number of carbonyl (C=O) groups is 4. The van der Waals surface area contributed by atoms with Gasteiger partial charge in [0.1, 0.15) is 12.1 Å². The van der Waals surface area contributed by atoms with E-state index in [9.17, 15) is 27.6 Å². The maximum Gasteiger partial charge on any atom is 0.321 e. The Morgan fingerprint density at radius 3 is 1.26 bits per heavy atom. The van der Waals surface area contributed by atoms with Crippen LogP contribution in [0.4, 0.5) is 0 Å². The van der Waals surface area contributed by atoms with E-state index >= 15 is 0 Å². The molecule has 0 aromatic heterocycles. The lowest BCUT2D eigenvalue weighted by Crippen LogP contribution is -2.51. The van der Waals surface area contributed by atoms with Crippen LogP contribution in [0.15, 0.2) is 0 Å². The van der Waals surface area contributed by atoms with Gasteiger partial charge in [0.05, 0.1) is 0 Å². The van der Waals surface area contributed by atoms with Gasteiger partial charge in [0.15, 0.2) is 0 Å². The van der Waals surface area contributed by atoms with Crippen molar-refractivity contribution in [2.75, 3.05) is 0 Å². The molecule has 0 saturated carbocycles. The van der Waals surface area contributed by atoms with E-state index in [-0.39, 0.29) is 0 Å². The standard InChI is InChI=1S/C10H16N2O10S/c13-7(14)3-1-5(9(17)18)11-23(21,22)12-6(10(19)20)2-4-8(15)16/h5-6,11-12H,1-4H2,(H,13,14)(H,15,16)(H,17,18)(H,19,20). The molecule has 0 aliphatic rings. The molecule has 0 bridgehead atoms. The van der Waals surface area contributed by atoms with Crippen molar-refractivity contribution in [3.05, 3.63) is 0 Å². The Balaban J connectivity index is 4.91. The van der Waals surface area contributed by atoms with Gasteiger partial charge in [-0.2, -0.15) is 17.9 Å². The zero-order valence-corrected chi connectivity index (χ0v) is 12.4. The van der Waals surface area contributed by atoms with Gasteiger partial charge in [0, 0.05) is 12.8 Å². The first-order valence-corrected chi connectivity index (χ1v) is 7.61. The van der Waals surface area contributed by atoms with Gasteiger partial charge in [0.2, 0.25) is 0 Å². The number of hydrogen-bond acceptors (Lipinski definition) is 6. The fourth-order valence-electron chi connectivity index (χ4n) is 1.41. The normalized spacial score (nSPS) is 13.9. The number of nitrogens with one attached hydrogen (secondary N) is 2. The van der Waals surface area contributed by atoms with Crippen LogP contribution in [0.25, 0.3) is 0 Å². The molecular weight excluding hydrogens is 340 g/mol. The molecule has 0 aliphatic heterocycles. The van der Waals surface area contributed by atoms with Crippen LogP contribution in [0.2, 0.25) is 0 Å². The van der Waals surface area contributed by atoms with Crippen molar-refractivity contribution < 1.29 is 48.0 Å². The molecule has 12 nitrogen and oxygen atoms in total. The summed E-state index contributed by atoms with van der Waals surface area (Å²) in [5.41, 5.74) is 0. The van der Waals surface area contributed by atoms with Gasteiger partial charge in [0.25, 0.3) is 10.2 Å². The van der Waals surface area contributed by atoms with Gasteiger partial charge in [-0.1, -0.05) is 0 Å². The third-order valence-corrected chi connectivity index (χ3v) is 3.67. The Morgan fingerprint density at radius 2 is 1.04 bits per heavy atom. The van der Waals surface area contributed by atoms with E-state index in [0.29, 0.717) is 0 Å². The molecule has 0 spiro atoms. The molecular formula is C10H16N2O10S. The number of rotatable bonds is 12. The predicted molar refractivity (Wildman–Crippen MR) is 71.8 cm³/mol. The quantitative estimate of drug-likeness (QED) is 0.227. The van der Waals surface area contributed by atoms with Crippen molar-refractivity contribution in [3.8, 4) is 0 Å². The van der Waals surface area contributed by atoms with Crippen LogP contribution in [0.5, 0.6) is 0 Å². The van der Waals surface area contributed by atoms with E-state index in [1.54, 1.807) is 9.44 Å². The second-order valence-corrected chi connectivity index (χ2v) is 5.86. The summed E-state index contributed by atoms with van der Waals surface area (Å²) in [5.74, 6) is -5.97. The van der Waals surface area contributed by atoms with E-state index < -0.39 is 71.9 Å². The fourth-order valence-corrected chi connectivity index (χ4v) is 2.66. The van der Waals surface area contributed by atoms with Crippen molar-refractivity contribution in [2.45, 2.75) is 37.8 Å². The first-order chi connectivity index (χ1) is 10.4. The Morgan fingerprint density at radius 1 is 0.739 bits per heavy atom. The highest BCUT2D eigenvalue weighted by Gasteiger charge is 2.29. The lowest BCUT2D eigenvalue weighted by molar-refractivity contribution is -0.141. The Hall–Kier alpha value is -2.25. The molecule has 0 aromatic carbocycles. The highest BCUT2D eigenvalue weighted by molar-refractivity contribution is 7.87. The summed E-state index contributed by atoms with van der Waals surface area (Å²) < 4.78 is 26.6. The number of carboxylic acid groups (broad SMARTS) is 4. The Kier molecular flexibility index (Phi) is 8.13. The highest BCUT2D eigenvalue weighted by Crippen LogP contribution is 2.03. The first kappa shape index (κ1) is 20.8. The van der Waals surface area contributed by atoms with Gasteiger partial charge < -0.3 is 20.4 Å². The largest absolute Gasteiger partial charge is 0.481 e. The minimum Gasteiger partial charge on any atom is -0.481 e. The van der Waals surface area contributed by atoms with E-state index in [0.717, 1.165) is 0 Å². The molecule has 0 radical (unpaired) electrons. The maximum absolute atomic E-state index is 11.7. The minimum absolute atomic E-state index is 0.557. The predicted octanol–water partition coefficient (Wildman–Crippen LogP) is -1.95. The zero-order chi connectivity index (χ0) is 18.2. The summed E-state index contributed by atoms with van der Waals surface area (Å²) in [6, 6.07) is -3.56. The van der Waals surface area contributed by atoms with Gasteiger partial charge in [-0.15, -0.1) is 0 Å². The fraction of sp³-hybridized carbons (Fsp3) is 0.600. The first-order valence-electron chi connectivity index (χ1n) is 6.13. The molecule has 2 unspecified atom stereocenters. The van der Waals surface area contributed by atoms with Gasteiger partial charge >= 0.3 is 23.9 Å². The number of carboxylic acids is 4. The van der Waals surface area contributed by atoms with Crippen LogP contribution in [0.3, 0.4) is 0 Å². The van der Waals surface area contributed by atoms with Crippen LogP contribution < -0.4 is 9.44 Å². The Labute approximate surface area is 130 Å². The molecule has 0 aliphatic carbocycles. The Bertz CT molecular complexity index is 528. The second kappa shape index (κ2) is 9.02. The molecule has 0 saturated heterocycles. The summed E-state index contributed by atoms with van der Waals surface area (Å²) in [5, 5.41) is 34.6. The van der Waals surface area contributed by atoms with Gasteiger partial charge in [-0.3, -0.25) is 19.2 Å². The summed E-state index contributed by atoms with van der Waals surface area (Å²) in [7, 11) is -4.61. The van der Waals surface area contributed by atoms with Crippen molar-refractivity contribution in [2.24, 2.45) is 0 Å². The van der Waals surface area contributed by atoms with Crippen molar-refractivity contribution >= 4 is 34.1 Å². The molecule has 0 heterocycles. The van der Waals surface area contributed by atoms with Crippen molar-refractivity contribution in [1.29, 1.82) is 0 Å². The van der Waals surface area contributed by atoms with Crippen molar-refractivity contribution in [3.63, 3.8) is 0 Å². The lowest BCUT2D eigenvalue weighted by Gasteiger charge is -2.17. The average Bonchev–Trinajstić information content (AvgIpc) is 2.38. The third-order valence-electron chi connectivity index (χ3n) is 2.48. The monoisotopic (exact) mass is 356 g/mol. The number of aliphatic carboxylic acids is 4. The van der Waals surface area contributed by atoms with Crippen LogP contribution in [-0.4, -0.2) is 64.8 Å². The molecule has 0 amide bonds. The van der Waals surface area contributed by atoms with E-state index in [4.69, 9.17) is 20.4 Å². The van der Waals surface area contributed by atoms with E-state index in [1.165, 1.54) is 0 Å². The van der Waals surface area contributed by atoms with Crippen LogP contribution in [0, 0.1) is 0 Å². The van der Waals surface area contributed by atoms with Gasteiger partial charge in [-0.05, 0) is 12.8 Å². The summed E-state index contributed by atoms with van der Waals surface area (Å²) in [6.45, 7) is 0. The molecule has 6 N–H and O–H groups in total. The molecule has 0 fully saturated rings. The summed E-state index contributed by atoms with van der Waals surface area (Å²) >= 11 is 0. The molecule has 13 heteroatoms. The van der Waals surface area contributed by atoms with Crippen LogP contribution in [-0.2, 0) is 29.4 Å². The topological polar surface area (TPSA) is 207 Å². The highest BCUT2D eigenvalue weighted by atomic mass is 32.2. The zero-order valence-electron chi connectivity index (χ0n) is 11.6. The van der Waals surface area contributed by atoms with Crippen molar-refractivity contribution in [1.82, 2.24) is 9.44 Å². The second-order valence-electron chi connectivity index (χ2n) is 4.39. The molecule has 0 aromatic rings. The average molecular weight is 356 g/mol. The SMILES string of the molecule is O=C(O)CCC(NS(=O)(=O)NC(CCC(=O)O)C(=O)O)C(=O)O. The van der Waals surface area contributed by atoms with E-state index in [1.807, 2.05) is 0 Å².